The Balaban J connectivity index is 2.97. The number of para-hydroxylation sites is 1. The van der Waals surface area contributed by atoms with Gasteiger partial charge in [0.25, 0.3) is 0 Å². The number of sulfone groups is 1. The molecule has 0 unspecified atom stereocenters. The molecule has 0 spiro atoms. The molecule has 0 bridgehead atoms. The van der Waals surface area contributed by atoms with Crippen molar-refractivity contribution in [3.8, 4) is 5.75 Å². The van der Waals surface area contributed by atoms with Crippen molar-refractivity contribution in [3.63, 3.8) is 0 Å². The Kier molecular flexibility index (Phi) is 5.38. The van der Waals surface area contributed by atoms with Crippen molar-refractivity contribution in [2.45, 2.75) is 44.0 Å². The fraction of sp³-hybridized carbons (Fsp3) is 0.571. The molecule has 1 rings (SSSR count). The van der Waals surface area contributed by atoms with E-state index in [1.54, 1.807) is 31.2 Å². The van der Waals surface area contributed by atoms with E-state index in [0.717, 1.165) is 12.8 Å². The highest BCUT2D eigenvalue weighted by molar-refractivity contribution is 7.91. The number of nitrogens with two attached hydrogens (primary N) is 1. The van der Waals surface area contributed by atoms with Crippen LogP contribution in [0, 0.1) is 0 Å². The molecule has 0 radical (unpaired) electrons. The third-order valence-corrected chi connectivity index (χ3v) is 5.26. The molecule has 0 aliphatic rings. The monoisotopic (exact) mass is 285 g/mol. The number of ether oxygens (including phenoxy) is 1. The molecule has 19 heavy (non-hydrogen) atoms. The van der Waals surface area contributed by atoms with Gasteiger partial charge in [0.05, 0.1) is 5.75 Å². The van der Waals surface area contributed by atoms with Crippen LogP contribution in [0.15, 0.2) is 29.2 Å². The van der Waals surface area contributed by atoms with Gasteiger partial charge in [-0.05, 0) is 25.0 Å². The fourth-order valence-electron chi connectivity index (χ4n) is 1.66. The summed E-state index contributed by atoms with van der Waals surface area (Å²) < 4.78 is 29.6. The lowest BCUT2D eigenvalue weighted by Crippen LogP contribution is -2.44. The minimum Gasteiger partial charge on any atom is -0.490 e. The molecule has 2 N–H and O–H groups in total. The van der Waals surface area contributed by atoms with Gasteiger partial charge in [0.2, 0.25) is 0 Å². The van der Waals surface area contributed by atoms with E-state index in [9.17, 15) is 8.42 Å². The Morgan fingerprint density at radius 3 is 2.26 bits per heavy atom. The predicted molar refractivity (Wildman–Crippen MR) is 77.2 cm³/mol. The molecule has 0 aliphatic heterocycles. The molecule has 0 heterocycles. The summed E-state index contributed by atoms with van der Waals surface area (Å²) in [6.45, 7) is 5.94. The minimum absolute atomic E-state index is 0.0582. The highest BCUT2D eigenvalue weighted by Crippen LogP contribution is 2.25. The van der Waals surface area contributed by atoms with Gasteiger partial charge in [-0.1, -0.05) is 32.9 Å². The molecular formula is C14H23NO3S. The van der Waals surface area contributed by atoms with Crippen LogP contribution >= 0.6 is 0 Å². The Bertz CT molecular complexity index is 507. The molecule has 108 valence electrons. The minimum atomic E-state index is -3.28. The number of benzene rings is 1. The lowest BCUT2D eigenvalue weighted by Gasteiger charge is -2.27. The van der Waals surface area contributed by atoms with Crippen molar-refractivity contribution in [2.75, 3.05) is 12.4 Å². The van der Waals surface area contributed by atoms with Crippen molar-refractivity contribution < 1.29 is 13.2 Å². The fourth-order valence-corrected chi connectivity index (χ4v) is 2.69. The van der Waals surface area contributed by atoms with Gasteiger partial charge in [-0.15, -0.1) is 0 Å². The van der Waals surface area contributed by atoms with E-state index in [1.165, 1.54) is 0 Å². The first-order chi connectivity index (χ1) is 8.88. The van der Waals surface area contributed by atoms with Crippen molar-refractivity contribution >= 4 is 9.84 Å². The van der Waals surface area contributed by atoms with Crippen LogP contribution < -0.4 is 10.5 Å². The van der Waals surface area contributed by atoms with Gasteiger partial charge in [0.1, 0.15) is 17.3 Å². The van der Waals surface area contributed by atoms with Crippen LogP contribution in [0.5, 0.6) is 5.75 Å². The van der Waals surface area contributed by atoms with Crippen LogP contribution in [0.3, 0.4) is 0 Å². The second-order valence-electron chi connectivity index (χ2n) is 4.71. The summed E-state index contributed by atoms with van der Waals surface area (Å²) >= 11 is 0. The molecule has 0 aromatic heterocycles. The number of rotatable bonds is 7. The van der Waals surface area contributed by atoms with E-state index in [4.69, 9.17) is 10.5 Å². The van der Waals surface area contributed by atoms with Crippen LogP contribution in [0.2, 0.25) is 0 Å². The molecular weight excluding hydrogens is 262 g/mol. The first-order valence-corrected chi connectivity index (χ1v) is 8.27. The van der Waals surface area contributed by atoms with E-state index < -0.39 is 15.4 Å². The Morgan fingerprint density at radius 1 is 1.16 bits per heavy atom. The second-order valence-corrected chi connectivity index (χ2v) is 6.95. The van der Waals surface area contributed by atoms with Gasteiger partial charge >= 0.3 is 0 Å². The molecule has 0 atom stereocenters. The van der Waals surface area contributed by atoms with Crippen molar-refractivity contribution in [3.05, 3.63) is 24.3 Å². The van der Waals surface area contributed by atoms with Crippen molar-refractivity contribution in [2.24, 2.45) is 5.73 Å². The molecule has 5 heteroatoms. The van der Waals surface area contributed by atoms with E-state index in [2.05, 4.69) is 0 Å². The summed E-state index contributed by atoms with van der Waals surface area (Å²) in [5.41, 5.74) is 5.75. The molecule has 0 saturated carbocycles. The largest absolute Gasteiger partial charge is 0.490 e. The molecule has 1 aromatic carbocycles. The maximum atomic E-state index is 12.0. The van der Waals surface area contributed by atoms with Crippen LogP contribution in [-0.2, 0) is 9.84 Å². The molecule has 4 nitrogen and oxygen atoms in total. The molecule has 0 saturated heterocycles. The van der Waals surface area contributed by atoms with Crippen molar-refractivity contribution in [1.82, 2.24) is 0 Å². The zero-order valence-corrected chi connectivity index (χ0v) is 12.7. The first-order valence-electron chi connectivity index (χ1n) is 6.62. The standard InChI is InChI=1S/C14H23NO3S/c1-4-14(15,5-2)11-18-12-9-7-8-10-13(12)19(16,17)6-3/h7-10H,4-6,11,15H2,1-3H3. The summed E-state index contributed by atoms with van der Waals surface area (Å²) in [5.74, 6) is 0.448. The van der Waals surface area contributed by atoms with Crippen LogP contribution in [0.25, 0.3) is 0 Å². The topological polar surface area (TPSA) is 69.4 Å². The summed E-state index contributed by atoms with van der Waals surface area (Å²) in [4.78, 5) is 0.243. The summed E-state index contributed by atoms with van der Waals surface area (Å²) in [5, 5.41) is 0. The van der Waals surface area contributed by atoms with E-state index in [0.29, 0.717) is 12.4 Å². The lowest BCUT2D eigenvalue weighted by molar-refractivity contribution is 0.203. The van der Waals surface area contributed by atoms with Gasteiger partial charge in [0.15, 0.2) is 9.84 Å². The highest BCUT2D eigenvalue weighted by atomic mass is 32.2. The Labute approximate surface area is 115 Å². The van der Waals surface area contributed by atoms with Gasteiger partial charge in [-0.3, -0.25) is 0 Å². The van der Waals surface area contributed by atoms with E-state index >= 15 is 0 Å². The van der Waals surface area contributed by atoms with Gasteiger partial charge in [0, 0.05) is 5.54 Å². The predicted octanol–water partition coefficient (Wildman–Crippen LogP) is 2.38. The highest BCUT2D eigenvalue weighted by Gasteiger charge is 2.23. The molecule has 0 fully saturated rings. The summed E-state index contributed by atoms with van der Waals surface area (Å²) in [6.07, 6.45) is 1.57. The van der Waals surface area contributed by atoms with Gasteiger partial charge < -0.3 is 10.5 Å². The zero-order valence-electron chi connectivity index (χ0n) is 11.8. The average Bonchev–Trinajstić information content (AvgIpc) is 2.45. The third kappa shape index (κ3) is 3.94. The number of hydrogen-bond acceptors (Lipinski definition) is 4. The SMILES string of the molecule is CCC(N)(CC)COc1ccccc1S(=O)(=O)CC. The maximum Gasteiger partial charge on any atom is 0.181 e. The van der Waals surface area contributed by atoms with Gasteiger partial charge in [-0.25, -0.2) is 8.42 Å². The van der Waals surface area contributed by atoms with Crippen LogP contribution in [0.4, 0.5) is 0 Å². The van der Waals surface area contributed by atoms with Crippen LogP contribution in [-0.4, -0.2) is 26.3 Å². The molecule has 1 aromatic rings. The van der Waals surface area contributed by atoms with Gasteiger partial charge in [-0.2, -0.15) is 0 Å². The number of hydrogen-bond donors (Lipinski definition) is 1. The van der Waals surface area contributed by atoms with E-state index in [-0.39, 0.29) is 10.6 Å². The average molecular weight is 285 g/mol. The van der Waals surface area contributed by atoms with E-state index in [1.807, 2.05) is 13.8 Å². The van der Waals surface area contributed by atoms with Crippen molar-refractivity contribution in [1.29, 1.82) is 0 Å². The normalized spacial score (nSPS) is 12.4. The lowest BCUT2D eigenvalue weighted by atomic mass is 9.96. The zero-order chi connectivity index (χ0) is 14.5. The maximum absolute atomic E-state index is 12.0. The summed E-state index contributed by atoms with van der Waals surface area (Å²) in [6, 6.07) is 6.71. The molecule has 0 amide bonds. The molecule has 0 aliphatic carbocycles. The smallest absolute Gasteiger partial charge is 0.181 e. The first kappa shape index (κ1) is 16.0. The van der Waals surface area contributed by atoms with Crippen LogP contribution in [0.1, 0.15) is 33.6 Å². The summed E-state index contributed by atoms with van der Waals surface area (Å²) in [7, 11) is -3.28. The Morgan fingerprint density at radius 2 is 1.74 bits per heavy atom. The Hall–Kier alpha value is -1.07. The quantitative estimate of drug-likeness (QED) is 0.835. The third-order valence-electron chi connectivity index (χ3n) is 3.49. The second kappa shape index (κ2) is 6.39.